The van der Waals surface area contributed by atoms with Crippen molar-refractivity contribution in [1.82, 2.24) is 9.97 Å². The first-order chi connectivity index (χ1) is 8.15. The number of pyridine rings is 1. The van der Waals surface area contributed by atoms with Gasteiger partial charge in [0.05, 0.1) is 24.6 Å². The molecule has 2 aromatic heterocycles. The monoisotopic (exact) mass is 268 g/mol. The predicted molar refractivity (Wildman–Crippen MR) is 73.0 cm³/mol. The van der Waals surface area contributed by atoms with Crippen molar-refractivity contribution in [3.05, 3.63) is 33.9 Å². The van der Waals surface area contributed by atoms with E-state index in [0.29, 0.717) is 10.9 Å². The number of hydrogen-bond donors (Lipinski definition) is 1. The molecule has 6 heteroatoms. The maximum absolute atomic E-state index is 5.81. The Bertz CT molecular complexity index is 480. The summed E-state index contributed by atoms with van der Waals surface area (Å²) in [4.78, 5) is 10.5. The fourth-order valence-corrected chi connectivity index (χ4v) is 2.20. The minimum absolute atomic E-state index is 0.667. The molecule has 0 unspecified atom stereocenters. The Balaban J connectivity index is 1.95. The summed E-state index contributed by atoms with van der Waals surface area (Å²) in [5.74, 6) is 0.938. The summed E-state index contributed by atoms with van der Waals surface area (Å²) < 4.78 is 0.711. The summed E-state index contributed by atoms with van der Waals surface area (Å²) in [5, 5.41) is 4.21. The van der Waals surface area contributed by atoms with E-state index in [0.717, 1.165) is 16.5 Å². The second-order valence-corrected chi connectivity index (χ2v) is 5.46. The summed E-state index contributed by atoms with van der Waals surface area (Å²) in [7, 11) is 3.93. The maximum atomic E-state index is 5.81. The normalized spacial score (nSPS) is 10.3. The fraction of sp³-hybridized carbons (Fsp3) is 0.273. The van der Waals surface area contributed by atoms with Crippen molar-refractivity contribution in [2.24, 2.45) is 0 Å². The lowest BCUT2D eigenvalue weighted by molar-refractivity contribution is 1.06. The lowest BCUT2D eigenvalue weighted by Gasteiger charge is -2.11. The van der Waals surface area contributed by atoms with Crippen LogP contribution in [-0.4, -0.2) is 24.1 Å². The molecule has 90 valence electrons. The van der Waals surface area contributed by atoms with Crippen molar-refractivity contribution in [3.8, 4) is 0 Å². The lowest BCUT2D eigenvalue weighted by atomic mass is 10.4. The largest absolute Gasteiger partial charge is 0.377 e. The van der Waals surface area contributed by atoms with Gasteiger partial charge in [-0.3, -0.25) is 0 Å². The first-order valence-corrected chi connectivity index (χ1v) is 6.32. The minimum Gasteiger partial charge on any atom is -0.377 e. The Morgan fingerprint density at radius 1 is 1.29 bits per heavy atom. The second kappa shape index (κ2) is 5.33. The Kier molecular flexibility index (Phi) is 3.81. The number of rotatable bonds is 4. The van der Waals surface area contributed by atoms with Crippen LogP contribution in [0.25, 0.3) is 0 Å². The maximum Gasteiger partial charge on any atom is 0.128 e. The molecule has 4 nitrogen and oxygen atoms in total. The van der Waals surface area contributed by atoms with Gasteiger partial charge in [-0.1, -0.05) is 11.6 Å². The van der Waals surface area contributed by atoms with Crippen LogP contribution in [0.15, 0.2) is 24.5 Å². The van der Waals surface area contributed by atoms with Crippen LogP contribution in [0.3, 0.4) is 0 Å². The quantitative estimate of drug-likeness (QED) is 0.926. The molecule has 0 aliphatic heterocycles. The van der Waals surface area contributed by atoms with Crippen LogP contribution in [0, 0.1) is 0 Å². The average Bonchev–Trinajstić information content (AvgIpc) is 2.73. The smallest absolute Gasteiger partial charge is 0.128 e. The van der Waals surface area contributed by atoms with Gasteiger partial charge in [0, 0.05) is 14.1 Å². The molecule has 0 aliphatic carbocycles. The highest BCUT2D eigenvalue weighted by molar-refractivity contribution is 7.15. The van der Waals surface area contributed by atoms with Crippen molar-refractivity contribution in [2.75, 3.05) is 24.3 Å². The van der Waals surface area contributed by atoms with E-state index in [4.69, 9.17) is 11.6 Å². The molecule has 0 bridgehead atoms. The van der Waals surface area contributed by atoms with E-state index in [1.165, 1.54) is 11.3 Å². The predicted octanol–water partition coefficient (Wildman–Crippen LogP) is 2.87. The zero-order valence-corrected chi connectivity index (χ0v) is 11.2. The molecule has 1 N–H and O–H groups in total. The van der Waals surface area contributed by atoms with E-state index in [2.05, 4.69) is 15.3 Å². The molecular weight excluding hydrogens is 256 g/mol. The molecule has 0 aliphatic rings. The molecule has 2 aromatic rings. The van der Waals surface area contributed by atoms with Gasteiger partial charge in [0.1, 0.15) is 15.2 Å². The molecule has 0 aromatic carbocycles. The summed E-state index contributed by atoms with van der Waals surface area (Å²) in [6.07, 6.45) is 3.47. The average molecular weight is 269 g/mol. The third kappa shape index (κ3) is 3.31. The Morgan fingerprint density at radius 2 is 2.12 bits per heavy atom. The van der Waals surface area contributed by atoms with Crippen molar-refractivity contribution in [3.63, 3.8) is 0 Å². The highest BCUT2D eigenvalue weighted by Crippen LogP contribution is 2.19. The van der Waals surface area contributed by atoms with E-state index in [-0.39, 0.29) is 0 Å². The van der Waals surface area contributed by atoms with Gasteiger partial charge in [-0.2, -0.15) is 0 Å². The van der Waals surface area contributed by atoms with Gasteiger partial charge in [-0.25, -0.2) is 9.97 Å². The number of halogens is 1. The van der Waals surface area contributed by atoms with E-state index in [1.807, 2.05) is 37.3 Å². The van der Waals surface area contributed by atoms with Crippen molar-refractivity contribution < 1.29 is 0 Å². The molecular formula is C11H13ClN4S. The van der Waals surface area contributed by atoms with Crippen LogP contribution in [0.4, 0.5) is 11.5 Å². The number of thiazole rings is 1. The number of aromatic nitrogens is 2. The molecule has 0 saturated heterocycles. The molecule has 0 fully saturated rings. The van der Waals surface area contributed by atoms with Crippen LogP contribution in [0.2, 0.25) is 4.34 Å². The molecule has 2 heterocycles. The van der Waals surface area contributed by atoms with Crippen LogP contribution in [-0.2, 0) is 6.54 Å². The van der Waals surface area contributed by atoms with Crippen molar-refractivity contribution >= 4 is 34.4 Å². The standard InChI is InChI=1S/C11H13ClN4S/c1-16(2)10-4-3-8(5-14-10)13-7-11-15-6-9(12)17-11/h3-6,13H,7H2,1-2H3. The fourth-order valence-electron chi connectivity index (χ4n) is 1.30. The number of anilines is 2. The molecule has 0 saturated carbocycles. The molecule has 0 radical (unpaired) electrons. The van der Waals surface area contributed by atoms with Crippen molar-refractivity contribution in [1.29, 1.82) is 0 Å². The molecule has 0 amide bonds. The SMILES string of the molecule is CN(C)c1ccc(NCc2ncc(Cl)s2)cn1. The Labute approximate surface area is 109 Å². The summed E-state index contributed by atoms with van der Waals surface area (Å²) >= 11 is 7.29. The molecule has 17 heavy (non-hydrogen) atoms. The first kappa shape index (κ1) is 12.1. The van der Waals surface area contributed by atoms with E-state index in [1.54, 1.807) is 6.20 Å². The summed E-state index contributed by atoms with van der Waals surface area (Å²) in [5.41, 5.74) is 0.974. The van der Waals surface area contributed by atoms with Gasteiger partial charge in [0.15, 0.2) is 0 Å². The van der Waals surface area contributed by atoms with Crippen LogP contribution in [0.5, 0.6) is 0 Å². The second-order valence-electron chi connectivity index (χ2n) is 3.71. The van der Waals surface area contributed by atoms with E-state index in [9.17, 15) is 0 Å². The Morgan fingerprint density at radius 3 is 2.65 bits per heavy atom. The molecule has 0 atom stereocenters. The molecule has 2 rings (SSSR count). The number of hydrogen-bond acceptors (Lipinski definition) is 5. The molecule has 0 spiro atoms. The van der Waals surface area contributed by atoms with Crippen LogP contribution in [0.1, 0.15) is 5.01 Å². The van der Waals surface area contributed by atoms with Gasteiger partial charge in [-0.05, 0) is 12.1 Å². The first-order valence-electron chi connectivity index (χ1n) is 5.12. The van der Waals surface area contributed by atoms with Crippen LogP contribution < -0.4 is 10.2 Å². The van der Waals surface area contributed by atoms with Crippen LogP contribution >= 0.6 is 22.9 Å². The highest BCUT2D eigenvalue weighted by atomic mass is 35.5. The zero-order chi connectivity index (χ0) is 12.3. The van der Waals surface area contributed by atoms with Gasteiger partial charge in [0.2, 0.25) is 0 Å². The van der Waals surface area contributed by atoms with Gasteiger partial charge in [0.25, 0.3) is 0 Å². The zero-order valence-electron chi connectivity index (χ0n) is 9.64. The van der Waals surface area contributed by atoms with E-state index < -0.39 is 0 Å². The minimum atomic E-state index is 0.667. The third-order valence-corrected chi connectivity index (χ3v) is 3.29. The van der Waals surface area contributed by atoms with Gasteiger partial charge < -0.3 is 10.2 Å². The Hall–Kier alpha value is -1.33. The highest BCUT2D eigenvalue weighted by Gasteiger charge is 2.01. The van der Waals surface area contributed by atoms with Gasteiger partial charge in [-0.15, -0.1) is 11.3 Å². The van der Waals surface area contributed by atoms with E-state index >= 15 is 0 Å². The topological polar surface area (TPSA) is 41.0 Å². The number of nitrogens with one attached hydrogen (secondary N) is 1. The van der Waals surface area contributed by atoms with Crippen molar-refractivity contribution in [2.45, 2.75) is 6.54 Å². The number of nitrogens with zero attached hydrogens (tertiary/aromatic N) is 3. The third-order valence-electron chi connectivity index (χ3n) is 2.18. The summed E-state index contributed by atoms with van der Waals surface area (Å²) in [6.45, 7) is 0.667. The summed E-state index contributed by atoms with van der Waals surface area (Å²) in [6, 6.07) is 3.97. The van der Waals surface area contributed by atoms with Gasteiger partial charge >= 0.3 is 0 Å². The lowest BCUT2D eigenvalue weighted by Crippen LogP contribution is -2.10.